The molecule has 2 N–H and O–H groups in total. The monoisotopic (exact) mass is 781 g/mol. The fourth-order valence-corrected chi connectivity index (χ4v) is 13.4. The average Bonchev–Trinajstić information content (AvgIpc) is 2.95. The molecular weight excluding hydrogens is 719 g/mol. The number of benzene rings is 3. The molecule has 4 rings (SSSR count). The Labute approximate surface area is 308 Å². The molecule has 48 heavy (non-hydrogen) atoms. The van der Waals surface area contributed by atoms with Crippen LogP contribution >= 0.6 is 15.8 Å². The minimum Gasteiger partial charge on any atom is -0.872 e. The number of phenolic OH excluding ortho intramolecular Hbond substituents is 2. The maximum absolute atomic E-state index is 10.3. The molecule has 0 saturated carbocycles. The number of aromatic nitrogens is 1. The Morgan fingerprint density at radius 3 is 0.917 bits per heavy atom. The Morgan fingerprint density at radius 1 is 0.458 bits per heavy atom. The van der Waals surface area contributed by atoms with Crippen molar-refractivity contribution < 1.29 is 34.8 Å². The van der Waals surface area contributed by atoms with Crippen molar-refractivity contribution in [3.63, 3.8) is 0 Å². The van der Waals surface area contributed by atoms with E-state index in [2.05, 4.69) is 101 Å². The Hall–Kier alpha value is -2.31. The molecule has 267 valence electrons. The predicted molar refractivity (Wildman–Crippen MR) is 209 cm³/mol. The Balaban J connectivity index is 0.000000796. The summed E-state index contributed by atoms with van der Waals surface area (Å²) in [6.07, 6.45) is 2.33. The van der Waals surface area contributed by atoms with E-state index in [1.807, 2.05) is 18.2 Å². The van der Waals surface area contributed by atoms with Crippen molar-refractivity contribution in [2.45, 2.75) is 116 Å². The van der Waals surface area contributed by atoms with Crippen LogP contribution in [-0.4, -0.2) is 35.8 Å². The smallest absolute Gasteiger partial charge is 0.115 e. The zero-order chi connectivity index (χ0) is 35.9. The number of aromatic hydroxyl groups is 2. The van der Waals surface area contributed by atoms with E-state index in [1.54, 1.807) is 60.7 Å². The molecule has 1 heterocycles. The Kier molecular flexibility index (Phi) is 20.0. The Bertz CT molecular complexity index is 1230. The van der Waals surface area contributed by atoms with Crippen LogP contribution < -0.4 is 5.11 Å². The quantitative estimate of drug-likeness (QED) is 0.160. The van der Waals surface area contributed by atoms with Crippen molar-refractivity contribution in [1.82, 2.24) is 4.98 Å². The van der Waals surface area contributed by atoms with Gasteiger partial charge in [-0.3, -0.25) is 4.98 Å². The van der Waals surface area contributed by atoms with Crippen molar-refractivity contribution in [1.29, 1.82) is 0 Å². The van der Waals surface area contributed by atoms with E-state index in [1.165, 1.54) is 35.8 Å². The zero-order valence-electron chi connectivity index (χ0n) is 31.4. The fraction of sp³-hybridized carbons (Fsp3) is 0.439. The second-order valence-corrected chi connectivity index (χ2v) is 24.5. The minimum absolute atomic E-state index is 0. The molecule has 4 nitrogen and oxygen atoms in total. The molecule has 0 atom stereocenters. The fourth-order valence-electron chi connectivity index (χ4n) is 5.68. The normalized spacial score (nSPS) is 11.5. The van der Waals surface area contributed by atoms with Crippen LogP contribution in [0.15, 0.2) is 109 Å². The topological polar surface area (TPSA) is 76.4 Å². The zero-order valence-corrected chi connectivity index (χ0v) is 35.0. The van der Waals surface area contributed by atoms with E-state index >= 15 is 0 Å². The molecule has 0 aliphatic heterocycles. The molecule has 0 saturated heterocycles. The second kappa shape index (κ2) is 21.0. The summed E-state index contributed by atoms with van der Waals surface area (Å²) in [7, 11) is -1.17. The van der Waals surface area contributed by atoms with Crippen LogP contribution in [0.3, 0.4) is 0 Å². The molecule has 1 radical (unpaired) electrons. The summed E-state index contributed by atoms with van der Waals surface area (Å²) in [5.74, 6) is 0.715. The first kappa shape index (κ1) is 45.7. The van der Waals surface area contributed by atoms with Gasteiger partial charge in [-0.2, -0.15) is 0 Å². The first-order chi connectivity index (χ1) is 21.6. The molecule has 0 bridgehead atoms. The molecule has 0 spiro atoms. The van der Waals surface area contributed by atoms with Crippen LogP contribution in [0.25, 0.3) is 0 Å². The van der Waals surface area contributed by atoms with E-state index in [0.29, 0.717) is 32.1 Å². The van der Waals surface area contributed by atoms with Gasteiger partial charge in [0, 0.05) is 35.3 Å². The standard InChI is InChI=1S/C23H43NP2.3C6H6O.Rh/c1-20(2,3)25(21(4,5)6)16-18-14-13-15-19(24-18)17-26(22(7,8)9)23(10,11)12;3*7-6-4-2-1-3-5-6;/h13-15H,16-17H2,1-12H3;3*1-5,7H;/p+1. The second-order valence-electron chi connectivity index (χ2n) is 15.9. The molecule has 4 aromatic rings. The van der Waals surface area contributed by atoms with Crippen molar-refractivity contribution in [3.05, 3.63) is 121 Å². The molecule has 0 amide bonds. The van der Waals surface area contributed by atoms with E-state index < -0.39 is 15.8 Å². The van der Waals surface area contributed by atoms with E-state index in [9.17, 15) is 5.11 Å². The minimum atomic E-state index is -0.583. The number of para-hydroxylation sites is 3. The van der Waals surface area contributed by atoms with Gasteiger partial charge in [0.1, 0.15) is 11.5 Å². The van der Waals surface area contributed by atoms with Gasteiger partial charge in [-0.05, 0) is 119 Å². The SMILES string of the molecule is CC(C)(C)[PH+](Cc1cccc(C[PH+](C(C)(C)C)C(C)(C)C)n1)C(C)(C)C.Oc1ccccc1.Oc1ccccc1.[O-]c1ccccc1.[Rh]. The van der Waals surface area contributed by atoms with Gasteiger partial charge in [-0.25, -0.2) is 0 Å². The Morgan fingerprint density at radius 2 is 0.729 bits per heavy atom. The third-order valence-corrected chi connectivity index (χ3v) is 16.1. The molecule has 1 aromatic heterocycles. The van der Waals surface area contributed by atoms with Gasteiger partial charge < -0.3 is 15.3 Å². The maximum atomic E-state index is 10.3. The molecule has 7 heteroatoms. The predicted octanol–water partition coefficient (Wildman–Crippen LogP) is 11.2. The summed E-state index contributed by atoms with van der Waals surface area (Å²) >= 11 is 0. The van der Waals surface area contributed by atoms with Crippen LogP contribution in [0.5, 0.6) is 17.2 Å². The number of hydrogen-bond donors (Lipinski definition) is 2. The number of hydrogen-bond acceptors (Lipinski definition) is 4. The summed E-state index contributed by atoms with van der Waals surface area (Å²) < 4.78 is 0. The van der Waals surface area contributed by atoms with Gasteiger partial charge >= 0.3 is 0 Å². The average molecular weight is 782 g/mol. The first-order valence-electron chi connectivity index (χ1n) is 16.5. The van der Waals surface area contributed by atoms with Crippen molar-refractivity contribution in [3.8, 4) is 17.2 Å². The van der Waals surface area contributed by atoms with Crippen LogP contribution in [0.1, 0.15) is 94.5 Å². The maximum Gasteiger partial charge on any atom is 0.115 e. The van der Waals surface area contributed by atoms with Crippen LogP contribution in [0.4, 0.5) is 0 Å². The number of phenols is 2. The van der Waals surface area contributed by atoms with Gasteiger partial charge in [-0.1, -0.05) is 72.8 Å². The molecule has 0 aliphatic rings. The third kappa shape index (κ3) is 19.6. The van der Waals surface area contributed by atoms with Crippen LogP contribution in [0, 0.1) is 0 Å². The van der Waals surface area contributed by atoms with Crippen LogP contribution in [0.2, 0.25) is 0 Å². The van der Waals surface area contributed by atoms with E-state index in [4.69, 9.17) is 15.2 Å². The third-order valence-electron chi connectivity index (χ3n) is 7.46. The molecule has 3 aromatic carbocycles. The summed E-state index contributed by atoms with van der Waals surface area (Å²) in [5.41, 5.74) is 2.62. The molecule has 0 fully saturated rings. The van der Waals surface area contributed by atoms with Crippen molar-refractivity contribution >= 4 is 15.8 Å². The summed E-state index contributed by atoms with van der Waals surface area (Å²) in [4.78, 5) is 5.16. The van der Waals surface area contributed by atoms with Gasteiger partial charge in [0.05, 0.1) is 44.3 Å². The molecule has 0 aliphatic carbocycles. The number of rotatable bonds is 4. The van der Waals surface area contributed by atoms with Crippen molar-refractivity contribution in [2.24, 2.45) is 0 Å². The van der Waals surface area contributed by atoms with Crippen LogP contribution in [-0.2, 0) is 31.8 Å². The largest absolute Gasteiger partial charge is 0.872 e. The van der Waals surface area contributed by atoms with E-state index in [0.717, 1.165) is 0 Å². The van der Waals surface area contributed by atoms with E-state index in [-0.39, 0.29) is 25.2 Å². The van der Waals surface area contributed by atoms with Gasteiger partial charge in [0.15, 0.2) is 0 Å². The van der Waals surface area contributed by atoms with Gasteiger partial charge in [0.2, 0.25) is 0 Å². The first-order valence-corrected chi connectivity index (χ1v) is 19.9. The van der Waals surface area contributed by atoms with Gasteiger partial charge in [-0.15, -0.1) is 5.75 Å². The number of pyridine rings is 1. The van der Waals surface area contributed by atoms with Crippen molar-refractivity contribution in [2.75, 3.05) is 0 Å². The number of nitrogens with zero attached hydrogens (tertiary/aromatic N) is 1. The molecule has 0 unspecified atom stereocenters. The molecular formula is C41H62NO3P2Rh+. The van der Waals surface area contributed by atoms with Gasteiger partial charge in [0.25, 0.3) is 0 Å². The summed E-state index contributed by atoms with van der Waals surface area (Å²) in [5, 5.41) is 29.1. The summed E-state index contributed by atoms with van der Waals surface area (Å²) in [6.45, 7) is 29.0. The summed E-state index contributed by atoms with van der Waals surface area (Å²) in [6, 6.07) is 32.5.